The molecule has 0 bridgehead atoms. The molecule has 20 heavy (non-hydrogen) atoms. The summed E-state index contributed by atoms with van der Waals surface area (Å²) < 4.78 is 0. The second-order valence-corrected chi connectivity index (χ2v) is 3.89. The monoisotopic (exact) mass is 280 g/mol. The van der Waals surface area contributed by atoms with Gasteiger partial charge < -0.3 is 15.5 Å². The predicted octanol–water partition coefficient (Wildman–Crippen LogP) is -0.397. The van der Waals surface area contributed by atoms with E-state index in [1.54, 1.807) is 0 Å². The maximum Gasteiger partial charge on any atom is 0.253 e. The number of allylic oxidation sites excluding steroid dienone is 1. The van der Waals surface area contributed by atoms with Crippen molar-refractivity contribution >= 4 is 5.91 Å². The van der Waals surface area contributed by atoms with Crippen molar-refractivity contribution in [1.82, 2.24) is 10.4 Å². The molecular formula is C10H12N6O4. The van der Waals surface area contributed by atoms with Gasteiger partial charge in [0.1, 0.15) is 5.70 Å². The van der Waals surface area contributed by atoms with Crippen molar-refractivity contribution in [3.8, 4) is 0 Å². The van der Waals surface area contributed by atoms with Crippen LogP contribution in [0.2, 0.25) is 0 Å². The van der Waals surface area contributed by atoms with Crippen LogP contribution in [0.4, 0.5) is 0 Å². The Morgan fingerprint density at radius 2 is 1.90 bits per heavy atom. The van der Waals surface area contributed by atoms with E-state index < -0.39 is 25.2 Å². The third-order valence-corrected chi connectivity index (χ3v) is 2.52. The smallest absolute Gasteiger partial charge is 0.253 e. The molecule has 0 aromatic rings. The standard InChI is InChI=1S/C10H12N6O4/c17-4-7(5-18)11-10(19)6-1-2-8(16(20)3-6)9-12-14-15-13-9/h1-3,7,17-18,20H,4-5H2,(H,11,19). The number of aliphatic hydroxyl groups is 2. The van der Waals surface area contributed by atoms with Crippen molar-refractivity contribution < 1.29 is 20.2 Å². The van der Waals surface area contributed by atoms with E-state index in [4.69, 9.17) is 10.2 Å². The highest BCUT2D eigenvalue weighted by atomic mass is 16.5. The zero-order valence-corrected chi connectivity index (χ0v) is 10.2. The molecule has 1 amide bonds. The van der Waals surface area contributed by atoms with Crippen LogP contribution in [0.1, 0.15) is 0 Å². The topological polar surface area (TPSA) is 142 Å². The maximum absolute atomic E-state index is 11.8. The van der Waals surface area contributed by atoms with Gasteiger partial charge in [-0.2, -0.15) is 0 Å². The van der Waals surface area contributed by atoms with E-state index in [2.05, 4.69) is 26.0 Å². The molecule has 0 saturated carbocycles. The lowest BCUT2D eigenvalue weighted by molar-refractivity contribution is -0.118. The number of hydroxylamine groups is 2. The summed E-state index contributed by atoms with van der Waals surface area (Å²) in [5, 5.41) is 44.3. The minimum absolute atomic E-state index is 0.114. The highest BCUT2D eigenvalue weighted by Crippen LogP contribution is 2.22. The minimum atomic E-state index is -0.763. The molecule has 4 N–H and O–H groups in total. The Balaban J connectivity index is 2.10. The van der Waals surface area contributed by atoms with Crippen LogP contribution in [0, 0.1) is 0 Å². The molecule has 10 nitrogen and oxygen atoms in total. The Hall–Kier alpha value is -2.43. The van der Waals surface area contributed by atoms with Gasteiger partial charge in [-0.3, -0.25) is 10.0 Å². The van der Waals surface area contributed by atoms with Gasteiger partial charge in [-0.1, -0.05) is 0 Å². The Kier molecular flexibility index (Phi) is 4.30. The van der Waals surface area contributed by atoms with Crippen molar-refractivity contribution in [2.24, 2.45) is 20.7 Å². The normalized spacial score (nSPS) is 17.2. The second-order valence-electron chi connectivity index (χ2n) is 3.89. The quantitative estimate of drug-likeness (QED) is 0.554. The summed E-state index contributed by atoms with van der Waals surface area (Å²) in [4.78, 5) is 11.8. The fourth-order valence-electron chi connectivity index (χ4n) is 1.47. The molecule has 0 aromatic heterocycles. The van der Waals surface area contributed by atoms with Crippen LogP contribution in [-0.2, 0) is 4.79 Å². The fourth-order valence-corrected chi connectivity index (χ4v) is 1.47. The molecule has 0 aliphatic carbocycles. The molecule has 0 spiro atoms. The lowest BCUT2D eigenvalue weighted by Gasteiger charge is -2.20. The third-order valence-electron chi connectivity index (χ3n) is 2.52. The van der Waals surface area contributed by atoms with E-state index in [0.29, 0.717) is 5.06 Å². The summed E-state index contributed by atoms with van der Waals surface area (Å²) >= 11 is 0. The molecule has 2 heterocycles. The van der Waals surface area contributed by atoms with Crippen LogP contribution in [0.15, 0.2) is 56.1 Å². The number of carbonyl (C=O) groups excluding carboxylic acids is 1. The van der Waals surface area contributed by atoms with Gasteiger partial charge in [0.05, 0.1) is 24.8 Å². The molecular weight excluding hydrogens is 268 g/mol. The molecule has 0 atom stereocenters. The van der Waals surface area contributed by atoms with Crippen LogP contribution < -0.4 is 5.32 Å². The summed E-state index contributed by atoms with van der Waals surface area (Å²) in [6.07, 6.45) is 3.99. The number of aliphatic hydroxyl groups excluding tert-OH is 2. The van der Waals surface area contributed by atoms with Crippen molar-refractivity contribution in [3.05, 3.63) is 35.4 Å². The highest BCUT2D eigenvalue weighted by Gasteiger charge is 2.20. The fraction of sp³-hybridized carbons (Fsp3) is 0.300. The van der Waals surface area contributed by atoms with Gasteiger partial charge in [-0.15, -0.1) is 10.2 Å². The van der Waals surface area contributed by atoms with Crippen molar-refractivity contribution in [2.45, 2.75) is 6.04 Å². The predicted molar refractivity (Wildman–Crippen MR) is 63.7 cm³/mol. The van der Waals surface area contributed by atoms with Crippen molar-refractivity contribution in [2.75, 3.05) is 13.2 Å². The SMILES string of the molecule is O=C(NC(CO)CO)C1=CN(O)C(=C2N=NN=N2)C=C1. The lowest BCUT2D eigenvalue weighted by atomic mass is 10.1. The van der Waals surface area contributed by atoms with Crippen molar-refractivity contribution in [3.63, 3.8) is 0 Å². The van der Waals surface area contributed by atoms with Crippen LogP contribution in [-0.4, -0.2) is 45.6 Å². The summed E-state index contributed by atoms with van der Waals surface area (Å²) in [5.74, 6) is -0.435. The van der Waals surface area contributed by atoms with E-state index in [0.717, 1.165) is 6.20 Å². The van der Waals surface area contributed by atoms with Crippen LogP contribution in [0.5, 0.6) is 0 Å². The number of amides is 1. The van der Waals surface area contributed by atoms with Gasteiger partial charge in [0.15, 0.2) is 0 Å². The van der Waals surface area contributed by atoms with Crippen LogP contribution in [0.25, 0.3) is 0 Å². The molecule has 0 fully saturated rings. The van der Waals surface area contributed by atoms with Crippen molar-refractivity contribution in [1.29, 1.82) is 0 Å². The first kappa shape index (κ1) is 14.0. The molecule has 2 aliphatic heterocycles. The second kappa shape index (κ2) is 6.14. The highest BCUT2D eigenvalue weighted by molar-refractivity contribution is 5.96. The van der Waals surface area contributed by atoms with Gasteiger partial charge in [0, 0.05) is 6.20 Å². The first-order valence-corrected chi connectivity index (χ1v) is 5.62. The minimum Gasteiger partial charge on any atom is -0.394 e. The largest absolute Gasteiger partial charge is 0.394 e. The summed E-state index contributed by atoms with van der Waals surface area (Å²) in [5.41, 5.74) is 0.350. The zero-order valence-electron chi connectivity index (χ0n) is 10.2. The first-order chi connectivity index (χ1) is 9.65. The van der Waals surface area contributed by atoms with Crippen LogP contribution >= 0.6 is 0 Å². The summed E-state index contributed by atoms with van der Waals surface area (Å²) in [6, 6.07) is -0.763. The number of nitrogens with one attached hydrogen (secondary N) is 1. The van der Waals surface area contributed by atoms with E-state index >= 15 is 0 Å². The molecule has 0 radical (unpaired) electrons. The number of rotatable bonds is 4. The average Bonchev–Trinajstić information content (AvgIpc) is 2.98. The Bertz CT molecular complexity index is 532. The maximum atomic E-state index is 11.8. The first-order valence-electron chi connectivity index (χ1n) is 5.62. The van der Waals surface area contributed by atoms with Crippen LogP contribution in [0.3, 0.4) is 0 Å². The van der Waals surface area contributed by atoms with Gasteiger partial charge in [-0.05, 0) is 22.6 Å². The van der Waals surface area contributed by atoms with Gasteiger partial charge >= 0.3 is 0 Å². The van der Waals surface area contributed by atoms with E-state index in [1.165, 1.54) is 12.2 Å². The summed E-state index contributed by atoms with van der Waals surface area (Å²) in [7, 11) is 0. The van der Waals surface area contributed by atoms with Gasteiger partial charge in [0.2, 0.25) is 5.82 Å². The molecule has 0 aromatic carbocycles. The number of nitrogens with zero attached hydrogens (tertiary/aromatic N) is 5. The molecule has 2 aliphatic rings. The molecule has 10 heteroatoms. The third kappa shape index (κ3) is 2.93. The Labute approximate surface area is 113 Å². The Morgan fingerprint density at radius 1 is 1.25 bits per heavy atom. The molecule has 2 rings (SSSR count). The average molecular weight is 280 g/mol. The summed E-state index contributed by atoms with van der Waals surface area (Å²) in [6.45, 7) is -0.781. The number of carbonyl (C=O) groups is 1. The molecule has 106 valence electrons. The lowest BCUT2D eigenvalue weighted by Crippen LogP contribution is -2.41. The number of hydrogen-bond acceptors (Lipinski definition) is 9. The van der Waals surface area contributed by atoms with E-state index in [-0.39, 0.29) is 17.1 Å². The Morgan fingerprint density at radius 3 is 2.45 bits per heavy atom. The van der Waals surface area contributed by atoms with Gasteiger partial charge in [0.25, 0.3) is 5.91 Å². The zero-order chi connectivity index (χ0) is 14.5. The molecule has 0 unspecified atom stereocenters. The molecule has 0 saturated heterocycles. The number of hydrogen-bond donors (Lipinski definition) is 4. The van der Waals surface area contributed by atoms with Gasteiger partial charge in [-0.25, -0.2) is 5.06 Å². The van der Waals surface area contributed by atoms with E-state index in [1.807, 2.05) is 0 Å². The van der Waals surface area contributed by atoms with E-state index in [9.17, 15) is 10.0 Å².